The highest BCUT2D eigenvalue weighted by molar-refractivity contribution is 6.29. The smallest absolute Gasteiger partial charge is 0.305 e. The number of nitrogens with zero attached hydrogens (tertiary/aromatic N) is 2. The number of aryl methyl sites for hydroxylation is 1. The van der Waals surface area contributed by atoms with Gasteiger partial charge in [-0.15, -0.1) is 12.4 Å². The Hall–Kier alpha value is -3.32. The van der Waals surface area contributed by atoms with Gasteiger partial charge >= 0.3 is 5.97 Å². The fourth-order valence-electron chi connectivity index (χ4n) is 4.49. The standard InChI is InChI=1S/C26H30N4O3.ClH/c1-33-23(31)14-7-18-5-8-19(9-6-18)24-22(29-15-3-2-4-16-29)17-30(26(24)32)21-12-10-20(11-13-21)25(27)28;/h5-6,8-13H,2-4,7,14-17H2,1H3,(H3,27,28);1H. The molecule has 1 amide bonds. The number of methoxy groups -OCH3 is 1. The third-order valence-corrected chi connectivity index (χ3v) is 6.37. The largest absolute Gasteiger partial charge is 0.469 e. The number of piperidine rings is 1. The zero-order valence-electron chi connectivity index (χ0n) is 19.4. The predicted molar refractivity (Wildman–Crippen MR) is 136 cm³/mol. The minimum atomic E-state index is -0.230. The lowest BCUT2D eigenvalue weighted by atomic mass is 10.00. The molecule has 0 aromatic heterocycles. The van der Waals surface area contributed by atoms with Crippen molar-refractivity contribution < 1.29 is 14.3 Å². The highest BCUT2D eigenvalue weighted by Gasteiger charge is 2.35. The molecular weight excluding hydrogens is 452 g/mol. The topological polar surface area (TPSA) is 99.7 Å². The maximum Gasteiger partial charge on any atom is 0.305 e. The zero-order valence-corrected chi connectivity index (χ0v) is 20.2. The summed E-state index contributed by atoms with van der Waals surface area (Å²) < 4.78 is 4.73. The van der Waals surface area contributed by atoms with Crippen LogP contribution < -0.4 is 10.6 Å². The van der Waals surface area contributed by atoms with Crippen LogP contribution in [-0.4, -0.2) is 49.4 Å². The van der Waals surface area contributed by atoms with Gasteiger partial charge in [-0.05, 0) is 61.1 Å². The first-order valence-corrected chi connectivity index (χ1v) is 11.4. The van der Waals surface area contributed by atoms with Gasteiger partial charge in [-0.2, -0.15) is 0 Å². The molecule has 2 heterocycles. The minimum Gasteiger partial charge on any atom is -0.469 e. The summed E-state index contributed by atoms with van der Waals surface area (Å²) in [7, 11) is 1.39. The first kappa shape index (κ1) is 25.3. The summed E-state index contributed by atoms with van der Waals surface area (Å²) in [4.78, 5) is 29.2. The molecule has 4 rings (SSSR count). The summed E-state index contributed by atoms with van der Waals surface area (Å²) in [5.41, 5.74) is 10.8. The van der Waals surface area contributed by atoms with Gasteiger partial charge in [-0.1, -0.05) is 24.3 Å². The van der Waals surface area contributed by atoms with Gasteiger partial charge in [0.15, 0.2) is 0 Å². The second-order valence-electron chi connectivity index (χ2n) is 8.49. The van der Waals surface area contributed by atoms with Crippen molar-refractivity contribution in [3.63, 3.8) is 0 Å². The second kappa shape index (κ2) is 11.2. The van der Waals surface area contributed by atoms with E-state index in [0.29, 0.717) is 24.9 Å². The minimum absolute atomic E-state index is 0. The van der Waals surface area contributed by atoms with Crippen LogP contribution in [0.5, 0.6) is 0 Å². The maximum atomic E-state index is 13.6. The first-order valence-electron chi connectivity index (χ1n) is 11.4. The van der Waals surface area contributed by atoms with E-state index in [0.717, 1.165) is 54.0 Å². The van der Waals surface area contributed by atoms with Crippen LogP contribution in [-0.2, 0) is 20.7 Å². The van der Waals surface area contributed by atoms with Crippen LogP contribution in [0.15, 0.2) is 54.2 Å². The average Bonchev–Trinajstić information content (AvgIpc) is 3.20. The van der Waals surface area contributed by atoms with E-state index in [1.165, 1.54) is 13.5 Å². The van der Waals surface area contributed by atoms with E-state index in [2.05, 4.69) is 4.90 Å². The van der Waals surface area contributed by atoms with Gasteiger partial charge in [-0.25, -0.2) is 0 Å². The molecule has 1 fully saturated rings. The van der Waals surface area contributed by atoms with Gasteiger partial charge in [0, 0.05) is 36.5 Å². The van der Waals surface area contributed by atoms with E-state index in [-0.39, 0.29) is 30.1 Å². The molecule has 180 valence electrons. The van der Waals surface area contributed by atoms with E-state index < -0.39 is 0 Å². The summed E-state index contributed by atoms with van der Waals surface area (Å²) in [5, 5.41) is 7.60. The molecule has 1 saturated heterocycles. The van der Waals surface area contributed by atoms with Gasteiger partial charge in [0.05, 0.1) is 19.2 Å². The molecule has 2 aliphatic heterocycles. The van der Waals surface area contributed by atoms with Crippen LogP contribution in [0, 0.1) is 5.41 Å². The van der Waals surface area contributed by atoms with Crippen molar-refractivity contribution in [2.45, 2.75) is 32.1 Å². The molecule has 3 N–H and O–H groups in total. The number of likely N-dealkylation sites (tertiary alicyclic amines) is 1. The SMILES string of the molecule is COC(=O)CCc1ccc(C2=C(N3CCCCC3)CN(c3ccc(C(=N)N)cc3)C2=O)cc1.Cl. The Bertz CT molecular complexity index is 1070. The van der Waals surface area contributed by atoms with Crippen molar-refractivity contribution in [1.82, 2.24) is 4.90 Å². The number of anilines is 1. The fraction of sp³-hybridized carbons (Fsp3) is 0.346. The summed E-state index contributed by atoms with van der Waals surface area (Å²) in [5.74, 6) is -0.241. The van der Waals surface area contributed by atoms with Crippen LogP contribution in [0.2, 0.25) is 0 Å². The number of hydrogen-bond acceptors (Lipinski definition) is 5. The number of benzene rings is 2. The number of nitrogen functional groups attached to an aromatic ring is 1. The Morgan fingerprint density at radius 1 is 1.03 bits per heavy atom. The van der Waals surface area contributed by atoms with Crippen LogP contribution in [0.4, 0.5) is 5.69 Å². The number of esters is 1. The number of carbonyl (C=O) groups excluding carboxylic acids is 2. The van der Waals surface area contributed by atoms with Crippen molar-refractivity contribution in [3.8, 4) is 0 Å². The number of rotatable bonds is 7. The van der Waals surface area contributed by atoms with Gasteiger partial charge in [0.1, 0.15) is 5.84 Å². The van der Waals surface area contributed by atoms with Crippen LogP contribution in [0.3, 0.4) is 0 Å². The third kappa shape index (κ3) is 5.42. The van der Waals surface area contributed by atoms with Gasteiger partial charge in [-0.3, -0.25) is 15.0 Å². The third-order valence-electron chi connectivity index (χ3n) is 6.37. The zero-order chi connectivity index (χ0) is 23.4. The lowest BCUT2D eigenvalue weighted by molar-refractivity contribution is -0.140. The highest BCUT2D eigenvalue weighted by atomic mass is 35.5. The molecule has 0 aliphatic carbocycles. The monoisotopic (exact) mass is 482 g/mol. The van der Waals surface area contributed by atoms with Crippen molar-refractivity contribution in [1.29, 1.82) is 5.41 Å². The normalized spacial score (nSPS) is 15.9. The number of halogens is 1. The number of ether oxygens (including phenoxy) is 1. The quantitative estimate of drug-likeness (QED) is 0.356. The molecule has 0 unspecified atom stereocenters. The van der Waals surface area contributed by atoms with E-state index in [4.69, 9.17) is 15.9 Å². The number of carbonyl (C=O) groups is 2. The molecule has 2 aliphatic rings. The Labute approximate surface area is 206 Å². The highest BCUT2D eigenvalue weighted by Crippen LogP contribution is 2.35. The summed E-state index contributed by atoms with van der Waals surface area (Å²) >= 11 is 0. The Kier molecular flexibility index (Phi) is 8.34. The van der Waals surface area contributed by atoms with Crippen LogP contribution in [0.25, 0.3) is 5.57 Å². The summed E-state index contributed by atoms with van der Waals surface area (Å²) in [6, 6.07) is 15.2. The molecule has 2 aromatic carbocycles. The Morgan fingerprint density at radius 3 is 2.26 bits per heavy atom. The molecule has 34 heavy (non-hydrogen) atoms. The summed E-state index contributed by atoms with van der Waals surface area (Å²) in [6.45, 7) is 2.44. The lowest BCUT2D eigenvalue weighted by Gasteiger charge is -2.31. The van der Waals surface area contributed by atoms with E-state index >= 15 is 0 Å². The molecule has 0 saturated carbocycles. The van der Waals surface area contributed by atoms with Crippen LogP contribution in [0.1, 0.15) is 42.4 Å². The number of nitrogens with one attached hydrogen (secondary N) is 1. The number of amides is 1. The van der Waals surface area contributed by atoms with E-state index in [1.807, 2.05) is 36.4 Å². The number of nitrogens with two attached hydrogens (primary N) is 1. The molecule has 0 radical (unpaired) electrons. The molecular formula is C26H31ClN4O3. The van der Waals surface area contributed by atoms with E-state index in [9.17, 15) is 9.59 Å². The Morgan fingerprint density at radius 2 is 1.68 bits per heavy atom. The average molecular weight is 483 g/mol. The van der Waals surface area contributed by atoms with Crippen LogP contribution >= 0.6 is 12.4 Å². The molecule has 0 atom stereocenters. The number of hydrogen-bond donors (Lipinski definition) is 2. The van der Waals surface area contributed by atoms with Crippen molar-refractivity contribution in [2.75, 3.05) is 31.6 Å². The Balaban J connectivity index is 0.00000324. The number of amidine groups is 1. The van der Waals surface area contributed by atoms with Crippen molar-refractivity contribution in [3.05, 3.63) is 70.9 Å². The van der Waals surface area contributed by atoms with Crippen molar-refractivity contribution in [2.24, 2.45) is 5.73 Å². The maximum absolute atomic E-state index is 13.6. The van der Waals surface area contributed by atoms with Gasteiger partial charge in [0.25, 0.3) is 5.91 Å². The lowest BCUT2D eigenvalue weighted by Crippen LogP contribution is -2.33. The predicted octanol–water partition coefficient (Wildman–Crippen LogP) is 3.74. The van der Waals surface area contributed by atoms with Crippen molar-refractivity contribution >= 4 is 41.4 Å². The van der Waals surface area contributed by atoms with Gasteiger partial charge < -0.3 is 20.3 Å². The molecule has 2 aromatic rings. The summed E-state index contributed by atoms with van der Waals surface area (Å²) in [6.07, 6.45) is 4.42. The molecule has 0 bridgehead atoms. The first-order chi connectivity index (χ1) is 16.0. The van der Waals surface area contributed by atoms with E-state index in [1.54, 1.807) is 17.0 Å². The second-order valence-corrected chi connectivity index (χ2v) is 8.49. The molecule has 8 heteroatoms. The molecule has 7 nitrogen and oxygen atoms in total. The van der Waals surface area contributed by atoms with Gasteiger partial charge in [0.2, 0.25) is 0 Å². The molecule has 0 spiro atoms. The fourth-order valence-corrected chi connectivity index (χ4v) is 4.49.